The fraction of sp³-hybridized carbons (Fsp3) is 0.529. The number of methoxy groups -OCH3 is 1. The number of carbonyl (C=O) groups excluding carboxylic acids is 1. The molecule has 0 unspecified atom stereocenters. The van der Waals surface area contributed by atoms with Crippen molar-refractivity contribution in [2.45, 2.75) is 32.4 Å². The van der Waals surface area contributed by atoms with Crippen LogP contribution in [-0.2, 0) is 20.9 Å². The molecule has 1 amide bonds. The van der Waals surface area contributed by atoms with E-state index in [2.05, 4.69) is 5.32 Å². The predicted octanol–water partition coefficient (Wildman–Crippen LogP) is 2.16. The van der Waals surface area contributed by atoms with Gasteiger partial charge in [0.15, 0.2) is 0 Å². The molecule has 1 atom stereocenters. The number of aliphatic carboxylic acids is 1. The molecule has 0 aliphatic rings. The first-order valence-electron chi connectivity index (χ1n) is 7.76. The van der Waals surface area contributed by atoms with Gasteiger partial charge in [0.25, 0.3) is 0 Å². The molecule has 0 radical (unpaired) electrons. The third kappa shape index (κ3) is 7.29. The Labute approximate surface area is 147 Å². The summed E-state index contributed by atoms with van der Waals surface area (Å²) in [5.41, 5.74) is 0.122. The SMILES string of the molecule is CCN(CC(=O)N[C@@](C)(COC)CC(=O)O)Cc1ccc(Cl)cc1. The summed E-state index contributed by atoms with van der Waals surface area (Å²) in [4.78, 5) is 25.3. The van der Waals surface area contributed by atoms with Gasteiger partial charge in [-0.3, -0.25) is 14.5 Å². The van der Waals surface area contributed by atoms with Gasteiger partial charge in [0, 0.05) is 18.7 Å². The van der Waals surface area contributed by atoms with Gasteiger partial charge >= 0.3 is 5.97 Å². The van der Waals surface area contributed by atoms with E-state index in [-0.39, 0.29) is 25.5 Å². The van der Waals surface area contributed by atoms with Gasteiger partial charge in [-0.1, -0.05) is 30.7 Å². The quantitative estimate of drug-likeness (QED) is 0.671. The van der Waals surface area contributed by atoms with Crippen molar-refractivity contribution < 1.29 is 19.4 Å². The van der Waals surface area contributed by atoms with Crippen LogP contribution in [0.15, 0.2) is 24.3 Å². The maximum atomic E-state index is 12.3. The molecule has 1 aromatic carbocycles. The second-order valence-corrected chi connectivity index (χ2v) is 6.48. The molecule has 0 bridgehead atoms. The standard InChI is InChI=1S/C17H25ClN2O4/c1-4-20(10-13-5-7-14(18)8-6-13)11-15(21)19-17(2,12-24-3)9-16(22)23/h5-8H,4,9-12H2,1-3H3,(H,19,21)(H,22,23)/t17-/m1/s1. The molecular weight excluding hydrogens is 332 g/mol. The Morgan fingerprint density at radius 2 is 1.96 bits per heavy atom. The Morgan fingerprint density at radius 1 is 1.33 bits per heavy atom. The van der Waals surface area contributed by atoms with Gasteiger partial charge in [0.2, 0.25) is 5.91 Å². The van der Waals surface area contributed by atoms with Gasteiger partial charge in [0.1, 0.15) is 0 Å². The van der Waals surface area contributed by atoms with E-state index in [0.717, 1.165) is 5.56 Å². The van der Waals surface area contributed by atoms with Gasteiger partial charge in [-0.25, -0.2) is 0 Å². The van der Waals surface area contributed by atoms with E-state index in [1.54, 1.807) is 6.92 Å². The van der Waals surface area contributed by atoms with E-state index in [4.69, 9.17) is 21.4 Å². The van der Waals surface area contributed by atoms with Crippen LogP contribution in [0.4, 0.5) is 0 Å². The van der Waals surface area contributed by atoms with Crippen LogP contribution < -0.4 is 5.32 Å². The minimum atomic E-state index is -0.983. The lowest BCUT2D eigenvalue weighted by Gasteiger charge is -2.30. The second-order valence-electron chi connectivity index (χ2n) is 6.04. The number of carbonyl (C=O) groups is 2. The number of halogens is 1. The van der Waals surface area contributed by atoms with Gasteiger partial charge in [-0.15, -0.1) is 0 Å². The van der Waals surface area contributed by atoms with Crippen molar-refractivity contribution in [3.63, 3.8) is 0 Å². The maximum Gasteiger partial charge on any atom is 0.305 e. The molecule has 0 saturated heterocycles. The molecule has 6 nitrogen and oxygen atoms in total. The first-order valence-corrected chi connectivity index (χ1v) is 8.14. The van der Waals surface area contributed by atoms with E-state index in [0.29, 0.717) is 18.1 Å². The lowest BCUT2D eigenvalue weighted by atomic mass is 9.99. The number of ether oxygens (including phenoxy) is 1. The van der Waals surface area contributed by atoms with Crippen LogP contribution in [0.1, 0.15) is 25.8 Å². The summed E-state index contributed by atoms with van der Waals surface area (Å²) in [7, 11) is 1.48. The van der Waals surface area contributed by atoms with Crippen molar-refractivity contribution in [2.75, 3.05) is 26.8 Å². The zero-order valence-corrected chi connectivity index (χ0v) is 15.1. The van der Waals surface area contributed by atoms with Crippen LogP contribution in [0.5, 0.6) is 0 Å². The Balaban J connectivity index is 2.64. The smallest absolute Gasteiger partial charge is 0.305 e. The number of hydrogen-bond acceptors (Lipinski definition) is 4. The average molecular weight is 357 g/mol. The van der Waals surface area contributed by atoms with E-state index in [1.807, 2.05) is 36.1 Å². The molecule has 0 aliphatic carbocycles. The average Bonchev–Trinajstić information content (AvgIpc) is 2.47. The van der Waals surface area contributed by atoms with Crippen LogP contribution in [0.2, 0.25) is 5.02 Å². The number of nitrogens with one attached hydrogen (secondary N) is 1. The summed E-state index contributed by atoms with van der Waals surface area (Å²) in [6.07, 6.45) is -0.199. The van der Waals surface area contributed by atoms with Crippen LogP contribution in [-0.4, -0.2) is 54.2 Å². The zero-order chi connectivity index (χ0) is 18.2. The van der Waals surface area contributed by atoms with E-state index in [1.165, 1.54) is 7.11 Å². The summed E-state index contributed by atoms with van der Waals surface area (Å²) < 4.78 is 5.04. The number of amides is 1. The second kappa shape index (κ2) is 9.61. The van der Waals surface area contributed by atoms with Crippen molar-refractivity contribution in [2.24, 2.45) is 0 Å². The highest BCUT2D eigenvalue weighted by atomic mass is 35.5. The summed E-state index contributed by atoms with van der Waals surface area (Å²) in [5.74, 6) is -1.21. The molecule has 24 heavy (non-hydrogen) atoms. The van der Waals surface area contributed by atoms with Crippen molar-refractivity contribution in [1.82, 2.24) is 10.2 Å². The zero-order valence-electron chi connectivity index (χ0n) is 14.3. The highest BCUT2D eigenvalue weighted by Gasteiger charge is 2.29. The molecule has 0 aliphatic heterocycles. The minimum Gasteiger partial charge on any atom is -0.481 e. The molecular formula is C17H25ClN2O4. The topological polar surface area (TPSA) is 78.9 Å². The van der Waals surface area contributed by atoms with Crippen LogP contribution in [0, 0.1) is 0 Å². The summed E-state index contributed by atoms with van der Waals surface area (Å²) in [6.45, 7) is 5.25. The van der Waals surface area contributed by atoms with Gasteiger partial charge in [-0.05, 0) is 31.2 Å². The third-order valence-electron chi connectivity index (χ3n) is 3.58. The molecule has 1 aromatic rings. The summed E-state index contributed by atoms with van der Waals surface area (Å²) in [5, 5.41) is 12.5. The molecule has 0 spiro atoms. The molecule has 0 heterocycles. The fourth-order valence-electron chi connectivity index (χ4n) is 2.49. The van der Waals surface area contributed by atoms with E-state index < -0.39 is 11.5 Å². The van der Waals surface area contributed by atoms with Crippen molar-refractivity contribution in [3.05, 3.63) is 34.9 Å². The molecule has 1 rings (SSSR count). The molecule has 2 N–H and O–H groups in total. The summed E-state index contributed by atoms with van der Waals surface area (Å²) in [6, 6.07) is 7.46. The number of nitrogens with zero attached hydrogens (tertiary/aromatic N) is 1. The highest BCUT2D eigenvalue weighted by molar-refractivity contribution is 6.30. The lowest BCUT2D eigenvalue weighted by Crippen LogP contribution is -2.53. The van der Waals surface area contributed by atoms with E-state index in [9.17, 15) is 9.59 Å². The first-order chi connectivity index (χ1) is 11.3. The highest BCUT2D eigenvalue weighted by Crippen LogP contribution is 2.13. The number of rotatable bonds is 10. The monoisotopic (exact) mass is 356 g/mol. The number of carboxylic acid groups (broad SMARTS) is 1. The van der Waals surface area contributed by atoms with Gasteiger partial charge in [-0.2, -0.15) is 0 Å². The lowest BCUT2D eigenvalue weighted by molar-refractivity contribution is -0.139. The van der Waals surface area contributed by atoms with Crippen molar-refractivity contribution in [3.8, 4) is 0 Å². The van der Waals surface area contributed by atoms with Gasteiger partial charge < -0.3 is 15.2 Å². The summed E-state index contributed by atoms with van der Waals surface area (Å²) >= 11 is 5.87. The van der Waals surface area contributed by atoms with Crippen LogP contribution in [0.3, 0.4) is 0 Å². The third-order valence-corrected chi connectivity index (χ3v) is 3.83. The Bertz CT molecular complexity index is 550. The number of carboxylic acids is 1. The fourth-order valence-corrected chi connectivity index (χ4v) is 2.62. The predicted molar refractivity (Wildman–Crippen MR) is 93.1 cm³/mol. The molecule has 0 fully saturated rings. The Hall–Kier alpha value is -1.63. The molecule has 7 heteroatoms. The Kier molecular flexibility index (Phi) is 8.18. The van der Waals surface area contributed by atoms with Crippen LogP contribution in [0.25, 0.3) is 0 Å². The molecule has 0 aromatic heterocycles. The normalized spacial score (nSPS) is 13.5. The largest absolute Gasteiger partial charge is 0.481 e. The first kappa shape index (κ1) is 20.4. The van der Waals surface area contributed by atoms with E-state index >= 15 is 0 Å². The minimum absolute atomic E-state index is 0.133. The molecule has 0 saturated carbocycles. The van der Waals surface area contributed by atoms with Gasteiger partial charge in [0.05, 0.1) is 25.1 Å². The van der Waals surface area contributed by atoms with Crippen molar-refractivity contribution >= 4 is 23.5 Å². The maximum absolute atomic E-state index is 12.3. The number of likely N-dealkylation sites (N-methyl/N-ethyl adjacent to an activating group) is 1. The number of benzene rings is 1. The Morgan fingerprint density at radius 3 is 2.46 bits per heavy atom. The van der Waals surface area contributed by atoms with Crippen LogP contribution >= 0.6 is 11.6 Å². The van der Waals surface area contributed by atoms with Crippen molar-refractivity contribution in [1.29, 1.82) is 0 Å². The number of hydrogen-bond donors (Lipinski definition) is 2. The molecule has 134 valence electrons.